The molecule has 0 radical (unpaired) electrons. The topological polar surface area (TPSA) is 76.3 Å². The predicted octanol–water partition coefficient (Wildman–Crippen LogP) is 0.732. The fraction of sp³-hybridized carbons (Fsp3) is 0.444. The quantitative estimate of drug-likeness (QED) is 0.814. The second kappa shape index (κ2) is 5.80. The third-order valence-corrected chi connectivity index (χ3v) is 3.82. The van der Waals surface area contributed by atoms with Crippen molar-refractivity contribution in [3.8, 4) is 0 Å². The maximum atomic E-state index is 13.3. The first kappa shape index (κ1) is 15.8. The molecule has 5 nitrogen and oxygen atoms in total. The number of aromatic nitrogens is 1. The molecule has 1 heterocycles. The van der Waals surface area contributed by atoms with Crippen LogP contribution in [0.5, 0.6) is 0 Å². The molecule has 0 saturated carbocycles. The Hall–Kier alpha value is -1.26. The van der Waals surface area contributed by atoms with Crippen molar-refractivity contribution in [1.82, 2.24) is 9.29 Å². The first-order valence-corrected chi connectivity index (χ1v) is 6.50. The first-order valence-electron chi connectivity index (χ1n) is 5.06. The molecule has 108 valence electrons. The molecule has 0 aliphatic heterocycles. The van der Waals surface area contributed by atoms with Gasteiger partial charge in [0.1, 0.15) is 6.54 Å². The van der Waals surface area contributed by atoms with Gasteiger partial charge in [0.2, 0.25) is 5.03 Å². The molecule has 0 fully saturated rings. The summed E-state index contributed by atoms with van der Waals surface area (Å²) in [7, 11) is -4.68. The Morgan fingerprint density at radius 1 is 1.37 bits per heavy atom. The fourth-order valence-corrected chi connectivity index (χ4v) is 2.73. The van der Waals surface area contributed by atoms with E-state index in [2.05, 4.69) is 4.98 Å². The van der Waals surface area contributed by atoms with Crippen LogP contribution in [0.1, 0.15) is 0 Å². The number of nitrogens with zero attached hydrogens (tertiary/aromatic N) is 2. The largest absolute Gasteiger partial charge is 0.402 e. The highest BCUT2D eigenvalue weighted by molar-refractivity contribution is 7.89. The summed E-state index contributed by atoms with van der Waals surface area (Å²) < 4.78 is 74.1. The molecule has 1 aromatic heterocycles. The highest BCUT2D eigenvalue weighted by Gasteiger charge is 2.38. The van der Waals surface area contributed by atoms with E-state index in [-0.39, 0.29) is 10.8 Å². The number of hydrogen-bond acceptors (Lipinski definition) is 4. The number of pyridine rings is 1. The molecule has 1 aromatic rings. The zero-order valence-corrected chi connectivity index (χ0v) is 10.4. The predicted molar refractivity (Wildman–Crippen MR) is 58.1 cm³/mol. The molecule has 2 N–H and O–H groups in total. The molecule has 0 amide bonds. The molecule has 0 saturated heterocycles. The lowest BCUT2D eigenvalue weighted by Gasteiger charge is -2.22. The molecule has 1 rings (SSSR count). The van der Waals surface area contributed by atoms with Gasteiger partial charge in [0.15, 0.2) is 5.82 Å². The van der Waals surface area contributed by atoms with Gasteiger partial charge >= 0.3 is 6.18 Å². The standard InChI is InChI=1S/C9H11F4N3O2S/c10-7-2-1-4-15-8(7)19(17,18)16(5-3-14)6-9(11,12)13/h1-2,4H,3,5-6,14H2. The smallest absolute Gasteiger partial charge is 0.329 e. The van der Waals surface area contributed by atoms with Crippen molar-refractivity contribution in [2.75, 3.05) is 19.6 Å². The van der Waals surface area contributed by atoms with E-state index in [1.54, 1.807) is 0 Å². The van der Waals surface area contributed by atoms with E-state index in [1.165, 1.54) is 0 Å². The number of nitrogens with two attached hydrogens (primary N) is 1. The van der Waals surface area contributed by atoms with E-state index in [0.717, 1.165) is 18.3 Å². The zero-order chi connectivity index (χ0) is 14.7. The van der Waals surface area contributed by atoms with Crippen LogP contribution in [-0.4, -0.2) is 43.5 Å². The third kappa shape index (κ3) is 4.11. The van der Waals surface area contributed by atoms with Gasteiger partial charge in [-0.05, 0) is 12.1 Å². The zero-order valence-electron chi connectivity index (χ0n) is 9.56. The van der Waals surface area contributed by atoms with E-state index in [0.29, 0.717) is 0 Å². The third-order valence-electron chi connectivity index (χ3n) is 2.04. The van der Waals surface area contributed by atoms with E-state index >= 15 is 0 Å². The van der Waals surface area contributed by atoms with Crippen LogP contribution < -0.4 is 5.73 Å². The fourth-order valence-electron chi connectivity index (χ4n) is 1.31. The molecule has 19 heavy (non-hydrogen) atoms. The van der Waals surface area contributed by atoms with Crippen LogP contribution in [0.2, 0.25) is 0 Å². The molecule has 0 unspecified atom stereocenters. The first-order chi connectivity index (χ1) is 8.68. The maximum absolute atomic E-state index is 13.3. The van der Waals surface area contributed by atoms with E-state index in [9.17, 15) is 26.0 Å². The van der Waals surface area contributed by atoms with E-state index < -0.39 is 40.1 Å². The van der Waals surface area contributed by atoms with Gasteiger partial charge in [-0.2, -0.15) is 17.5 Å². The average molecular weight is 301 g/mol. The summed E-state index contributed by atoms with van der Waals surface area (Å²) in [4.78, 5) is 3.27. The summed E-state index contributed by atoms with van der Waals surface area (Å²) in [6.45, 7) is -2.66. The number of alkyl halides is 3. The van der Waals surface area contributed by atoms with Crippen LogP contribution in [0.3, 0.4) is 0 Å². The number of hydrogen-bond donors (Lipinski definition) is 1. The van der Waals surface area contributed by atoms with Crippen molar-refractivity contribution in [1.29, 1.82) is 0 Å². The van der Waals surface area contributed by atoms with Gasteiger partial charge in [0.05, 0.1) is 0 Å². The van der Waals surface area contributed by atoms with Gasteiger partial charge in [0.25, 0.3) is 10.0 Å². The molecule has 0 aliphatic rings. The Bertz CT molecular complexity index is 533. The Morgan fingerprint density at radius 3 is 2.47 bits per heavy atom. The van der Waals surface area contributed by atoms with Gasteiger partial charge in [-0.15, -0.1) is 0 Å². The molecule has 10 heteroatoms. The Labute approximate surface area is 107 Å². The van der Waals surface area contributed by atoms with E-state index in [1.807, 2.05) is 0 Å². The van der Waals surface area contributed by atoms with Crippen molar-refractivity contribution in [3.05, 3.63) is 24.1 Å². The Kier molecular flexibility index (Phi) is 4.82. The van der Waals surface area contributed by atoms with Crippen molar-refractivity contribution in [2.45, 2.75) is 11.2 Å². The van der Waals surface area contributed by atoms with Gasteiger partial charge < -0.3 is 5.73 Å². The van der Waals surface area contributed by atoms with Crippen molar-refractivity contribution in [3.63, 3.8) is 0 Å². The minimum atomic E-state index is -4.76. The summed E-state index contributed by atoms with van der Waals surface area (Å²) in [5.41, 5.74) is 5.07. The molecule has 0 spiro atoms. The lowest BCUT2D eigenvalue weighted by molar-refractivity contribution is -0.136. The summed E-state index contributed by atoms with van der Waals surface area (Å²) in [5, 5.41) is -1.05. The summed E-state index contributed by atoms with van der Waals surface area (Å²) >= 11 is 0. The highest BCUT2D eigenvalue weighted by Crippen LogP contribution is 2.22. The average Bonchev–Trinajstić information content (AvgIpc) is 2.27. The monoisotopic (exact) mass is 301 g/mol. The van der Waals surface area contributed by atoms with Gasteiger partial charge in [0, 0.05) is 19.3 Å². The van der Waals surface area contributed by atoms with E-state index in [4.69, 9.17) is 5.73 Å². The molecular weight excluding hydrogens is 290 g/mol. The number of halogens is 4. The highest BCUT2D eigenvalue weighted by atomic mass is 32.2. The van der Waals surface area contributed by atoms with Crippen LogP contribution >= 0.6 is 0 Å². The van der Waals surface area contributed by atoms with Crippen molar-refractivity contribution in [2.24, 2.45) is 5.73 Å². The Morgan fingerprint density at radius 2 is 2.00 bits per heavy atom. The second-order valence-corrected chi connectivity index (χ2v) is 5.39. The SMILES string of the molecule is NCCN(CC(F)(F)F)S(=O)(=O)c1ncccc1F. The molecular formula is C9H11F4N3O2S. The minimum Gasteiger partial charge on any atom is -0.329 e. The summed E-state index contributed by atoms with van der Waals surface area (Å²) in [6, 6.07) is 1.93. The lowest BCUT2D eigenvalue weighted by atomic mass is 10.5. The second-order valence-electron chi connectivity index (χ2n) is 3.53. The lowest BCUT2D eigenvalue weighted by Crippen LogP contribution is -2.42. The molecule has 0 aliphatic carbocycles. The van der Waals surface area contributed by atoms with Crippen LogP contribution in [0.25, 0.3) is 0 Å². The Balaban J connectivity index is 3.17. The molecule has 0 bridgehead atoms. The number of rotatable bonds is 5. The normalized spacial score (nSPS) is 12.9. The minimum absolute atomic E-state index is 0.0540. The van der Waals surface area contributed by atoms with Gasteiger partial charge in [-0.25, -0.2) is 17.8 Å². The summed E-state index contributed by atoms with van der Waals surface area (Å²) in [6.07, 6.45) is -3.78. The van der Waals surface area contributed by atoms with Crippen LogP contribution in [0.4, 0.5) is 17.6 Å². The molecule has 0 aromatic carbocycles. The van der Waals surface area contributed by atoms with Gasteiger partial charge in [-0.3, -0.25) is 0 Å². The van der Waals surface area contributed by atoms with Crippen LogP contribution in [0.15, 0.2) is 23.4 Å². The van der Waals surface area contributed by atoms with Crippen molar-refractivity contribution < 1.29 is 26.0 Å². The van der Waals surface area contributed by atoms with Crippen LogP contribution in [-0.2, 0) is 10.0 Å². The molecule has 0 atom stereocenters. The van der Waals surface area contributed by atoms with Gasteiger partial charge in [-0.1, -0.05) is 0 Å². The number of sulfonamides is 1. The summed E-state index contributed by atoms with van der Waals surface area (Å²) in [5.74, 6) is -1.22. The maximum Gasteiger partial charge on any atom is 0.402 e. The van der Waals surface area contributed by atoms with Crippen molar-refractivity contribution >= 4 is 10.0 Å². The van der Waals surface area contributed by atoms with Crippen LogP contribution in [0, 0.1) is 5.82 Å².